The van der Waals surface area contributed by atoms with Gasteiger partial charge in [-0.1, -0.05) is 0 Å². The topological polar surface area (TPSA) is 76.1 Å². The highest BCUT2D eigenvalue weighted by molar-refractivity contribution is 5.74. The third-order valence-corrected chi connectivity index (χ3v) is 2.53. The Kier molecular flexibility index (Phi) is 3.87. The largest absolute Gasteiger partial charge is 0.379 e. The van der Waals surface area contributed by atoms with Gasteiger partial charge in [0, 0.05) is 12.8 Å². The Morgan fingerprint density at radius 1 is 1.53 bits per heavy atom. The summed E-state index contributed by atoms with van der Waals surface area (Å²) in [5.74, 6) is 0. The van der Waals surface area contributed by atoms with Gasteiger partial charge in [-0.2, -0.15) is 0 Å². The van der Waals surface area contributed by atoms with Crippen molar-refractivity contribution in [3.05, 3.63) is 23.8 Å². The van der Waals surface area contributed by atoms with Crippen LogP contribution in [0.5, 0.6) is 0 Å². The van der Waals surface area contributed by atoms with Gasteiger partial charge in [0.15, 0.2) is 0 Å². The van der Waals surface area contributed by atoms with Crippen molar-refractivity contribution in [2.45, 2.75) is 25.9 Å². The molecule has 1 aliphatic heterocycles. The Morgan fingerprint density at radius 2 is 2.41 bits per heavy atom. The standard InChI is InChI=1S/C11H16N4O2/c1-8-4-13-10(5-12-8)6-14-11(16)15-9-2-3-17-7-9/h4-5,9H,2-3,6-7H2,1H3,(H2,14,15,16). The molecule has 2 amide bonds. The second-order valence-electron chi connectivity index (χ2n) is 4.04. The molecule has 2 heterocycles. The lowest BCUT2D eigenvalue weighted by Gasteiger charge is -2.11. The predicted molar refractivity (Wildman–Crippen MR) is 61.4 cm³/mol. The van der Waals surface area contributed by atoms with Crippen LogP contribution in [0.3, 0.4) is 0 Å². The normalized spacial score (nSPS) is 19.0. The number of hydrogen-bond acceptors (Lipinski definition) is 4. The van der Waals surface area contributed by atoms with Crippen molar-refractivity contribution < 1.29 is 9.53 Å². The number of nitrogens with one attached hydrogen (secondary N) is 2. The molecule has 1 unspecified atom stereocenters. The maximum Gasteiger partial charge on any atom is 0.315 e. The lowest BCUT2D eigenvalue weighted by molar-refractivity contribution is 0.188. The van der Waals surface area contributed by atoms with Crippen molar-refractivity contribution in [2.24, 2.45) is 0 Å². The molecule has 0 radical (unpaired) electrons. The van der Waals surface area contributed by atoms with Crippen LogP contribution in [0.25, 0.3) is 0 Å². The zero-order valence-corrected chi connectivity index (χ0v) is 9.77. The third kappa shape index (κ3) is 3.67. The molecule has 0 aliphatic carbocycles. The molecule has 1 aromatic heterocycles. The minimum Gasteiger partial charge on any atom is -0.379 e. The van der Waals surface area contributed by atoms with Crippen molar-refractivity contribution in [1.29, 1.82) is 0 Å². The fourth-order valence-electron chi connectivity index (χ4n) is 1.57. The molecule has 6 heteroatoms. The first kappa shape index (κ1) is 11.8. The molecule has 1 saturated heterocycles. The first-order valence-corrected chi connectivity index (χ1v) is 5.63. The van der Waals surface area contributed by atoms with Crippen molar-refractivity contribution in [3.63, 3.8) is 0 Å². The summed E-state index contributed by atoms with van der Waals surface area (Å²) in [5.41, 5.74) is 1.61. The van der Waals surface area contributed by atoms with Gasteiger partial charge in [0.1, 0.15) is 0 Å². The number of hydrogen-bond donors (Lipinski definition) is 2. The summed E-state index contributed by atoms with van der Waals surface area (Å²) >= 11 is 0. The molecule has 1 atom stereocenters. The quantitative estimate of drug-likeness (QED) is 0.795. The van der Waals surface area contributed by atoms with E-state index >= 15 is 0 Å². The maximum atomic E-state index is 11.5. The van der Waals surface area contributed by atoms with Crippen molar-refractivity contribution in [1.82, 2.24) is 20.6 Å². The van der Waals surface area contributed by atoms with Gasteiger partial charge in [-0.3, -0.25) is 9.97 Å². The van der Waals surface area contributed by atoms with E-state index in [4.69, 9.17) is 4.74 Å². The molecule has 6 nitrogen and oxygen atoms in total. The molecule has 1 aromatic rings. The van der Waals surface area contributed by atoms with Crippen LogP contribution < -0.4 is 10.6 Å². The van der Waals surface area contributed by atoms with Gasteiger partial charge in [-0.15, -0.1) is 0 Å². The molecule has 0 spiro atoms. The average molecular weight is 236 g/mol. The van der Waals surface area contributed by atoms with Crippen molar-refractivity contribution in [2.75, 3.05) is 13.2 Å². The fraction of sp³-hybridized carbons (Fsp3) is 0.545. The van der Waals surface area contributed by atoms with Gasteiger partial charge in [0.05, 0.1) is 36.8 Å². The number of urea groups is 1. The van der Waals surface area contributed by atoms with Gasteiger partial charge >= 0.3 is 6.03 Å². The van der Waals surface area contributed by atoms with Gasteiger partial charge in [0.2, 0.25) is 0 Å². The highest BCUT2D eigenvalue weighted by atomic mass is 16.5. The van der Waals surface area contributed by atoms with Crippen LogP contribution in [-0.4, -0.2) is 35.3 Å². The van der Waals surface area contributed by atoms with Crippen LogP contribution in [0.1, 0.15) is 17.8 Å². The van der Waals surface area contributed by atoms with Crippen molar-refractivity contribution >= 4 is 6.03 Å². The summed E-state index contributed by atoms with van der Waals surface area (Å²) in [5, 5.41) is 5.57. The van der Waals surface area contributed by atoms with E-state index in [1.807, 2.05) is 6.92 Å². The molecular formula is C11H16N4O2. The van der Waals surface area contributed by atoms with Gasteiger partial charge in [-0.05, 0) is 13.3 Å². The van der Waals surface area contributed by atoms with Gasteiger partial charge in [0.25, 0.3) is 0 Å². The fourth-order valence-corrected chi connectivity index (χ4v) is 1.57. The summed E-state index contributed by atoms with van der Waals surface area (Å²) in [4.78, 5) is 19.8. The minimum atomic E-state index is -0.192. The number of amides is 2. The van der Waals surface area contributed by atoms with E-state index in [0.717, 1.165) is 17.8 Å². The Bertz CT molecular complexity index is 374. The van der Waals surface area contributed by atoms with Crippen LogP contribution in [0.4, 0.5) is 4.79 Å². The second kappa shape index (κ2) is 5.58. The highest BCUT2D eigenvalue weighted by Crippen LogP contribution is 2.02. The van der Waals surface area contributed by atoms with E-state index in [1.165, 1.54) is 0 Å². The number of rotatable bonds is 3. The molecule has 0 saturated carbocycles. The Hall–Kier alpha value is -1.69. The van der Waals surface area contributed by atoms with Crippen LogP contribution in [0.15, 0.2) is 12.4 Å². The summed E-state index contributed by atoms with van der Waals surface area (Å²) in [6.45, 7) is 3.57. The van der Waals surface area contributed by atoms with E-state index in [0.29, 0.717) is 19.8 Å². The molecule has 2 rings (SSSR count). The second-order valence-corrected chi connectivity index (χ2v) is 4.04. The molecule has 17 heavy (non-hydrogen) atoms. The minimum absolute atomic E-state index is 0.124. The monoisotopic (exact) mass is 236 g/mol. The van der Waals surface area contributed by atoms with E-state index in [1.54, 1.807) is 12.4 Å². The predicted octanol–water partition coefficient (Wildman–Crippen LogP) is 0.373. The van der Waals surface area contributed by atoms with E-state index < -0.39 is 0 Å². The zero-order chi connectivity index (χ0) is 12.1. The molecule has 2 N–H and O–H groups in total. The number of carbonyl (C=O) groups is 1. The van der Waals surface area contributed by atoms with Crippen LogP contribution >= 0.6 is 0 Å². The maximum absolute atomic E-state index is 11.5. The molecule has 92 valence electrons. The van der Waals surface area contributed by atoms with E-state index in [2.05, 4.69) is 20.6 Å². The number of nitrogens with zero attached hydrogens (tertiary/aromatic N) is 2. The molecule has 1 fully saturated rings. The summed E-state index contributed by atoms with van der Waals surface area (Å²) < 4.78 is 5.17. The molecular weight excluding hydrogens is 220 g/mol. The third-order valence-electron chi connectivity index (χ3n) is 2.53. The number of carbonyl (C=O) groups excluding carboxylic acids is 1. The molecule has 0 aromatic carbocycles. The van der Waals surface area contributed by atoms with Crippen LogP contribution in [0.2, 0.25) is 0 Å². The van der Waals surface area contributed by atoms with E-state index in [-0.39, 0.29) is 12.1 Å². The Morgan fingerprint density at radius 3 is 3.06 bits per heavy atom. The highest BCUT2D eigenvalue weighted by Gasteiger charge is 2.17. The summed E-state index contributed by atoms with van der Waals surface area (Å²) in [6.07, 6.45) is 4.21. The van der Waals surface area contributed by atoms with E-state index in [9.17, 15) is 4.79 Å². The van der Waals surface area contributed by atoms with Crippen molar-refractivity contribution in [3.8, 4) is 0 Å². The Labute approximate surface area is 99.8 Å². The molecule has 0 bridgehead atoms. The smallest absolute Gasteiger partial charge is 0.315 e. The Balaban J connectivity index is 1.73. The summed E-state index contributed by atoms with van der Waals surface area (Å²) in [7, 11) is 0. The number of aromatic nitrogens is 2. The first-order chi connectivity index (χ1) is 8.24. The zero-order valence-electron chi connectivity index (χ0n) is 9.77. The SMILES string of the molecule is Cc1cnc(CNC(=O)NC2CCOC2)cn1. The number of ether oxygens (including phenoxy) is 1. The molecule has 1 aliphatic rings. The lowest BCUT2D eigenvalue weighted by atomic mass is 10.3. The summed E-state index contributed by atoms with van der Waals surface area (Å²) in [6, 6.07) is -0.0676. The number of aryl methyl sites for hydroxylation is 1. The van der Waals surface area contributed by atoms with Gasteiger partial charge in [-0.25, -0.2) is 4.79 Å². The van der Waals surface area contributed by atoms with Crippen LogP contribution in [0, 0.1) is 6.92 Å². The lowest BCUT2D eigenvalue weighted by Crippen LogP contribution is -2.42. The van der Waals surface area contributed by atoms with Crippen LogP contribution in [-0.2, 0) is 11.3 Å². The average Bonchev–Trinajstić information content (AvgIpc) is 2.81. The first-order valence-electron chi connectivity index (χ1n) is 5.63. The van der Waals surface area contributed by atoms with Gasteiger partial charge < -0.3 is 15.4 Å².